The van der Waals surface area contributed by atoms with E-state index in [-0.39, 0.29) is 16.4 Å². The van der Waals surface area contributed by atoms with Crippen molar-refractivity contribution in [3.63, 3.8) is 0 Å². The van der Waals surface area contributed by atoms with Crippen LogP contribution in [0.1, 0.15) is 23.2 Å². The zero-order valence-electron chi connectivity index (χ0n) is 19.2. The maximum Gasteiger partial charge on any atom is 0.573 e. The van der Waals surface area contributed by atoms with E-state index in [1.807, 2.05) is 4.90 Å². The lowest BCUT2D eigenvalue weighted by Gasteiger charge is -2.34. The van der Waals surface area contributed by atoms with Crippen LogP contribution in [-0.2, 0) is 9.53 Å². The van der Waals surface area contributed by atoms with Gasteiger partial charge < -0.3 is 14.8 Å². The molecule has 1 saturated carbocycles. The Morgan fingerprint density at radius 1 is 1.11 bits per heavy atom. The predicted molar refractivity (Wildman–Crippen MR) is 127 cm³/mol. The molecule has 1 aliphatic carbocycles. The lowest BCUT2D eigenvalue weighted by atomic mass is 10.1. The Bertz CT molecular complexity index is 1290. The summed E-state index contributed by atoms with van der Waals surface area (Å²) in [6, 6.07) is 6.83. The fraction of sp³-hybridized carbons (Fsp3) is 0.348. The van der Waals surface area contributed by atoms with Crippen LogP contribution in [0.15, 0.2) is 42.7 Å². The van der Waals surface area contributed by atoms with Gasteiger partial charge in [0.25, 0.3) is 5.91 Å². The molecule has 3 heterocycles. The standard InChI is InChI=1S/C23H21F3N6O4S/c24-23(25,26)36-17-4-3-14(18(33)29-21-31-30-19(37-21)15-2-1-7-27-13-15)12-16(17)28-20(34)22(5-6-22)32-8-10-35-11-9-32/h1-4,7,12-13H,5-6,8-11H2,(H,28,34)(H,29,31,33). The van der Waals surface area contributed by atoms with Crippen LogP contribution in [0, 0.1) is 0 Å². The molecule has 37 heavy (non-hydrogen) atoms. The summed E-state index contributed by atoms with van der Waals surface area (Å²) in [6.45, 7) is 2.04. The zero-order chi connectivity index (χ0) is 26.0. The Morgan fingerprint density at radius 3 is 2.57 bits per heavy atom. The van der Waals surface area contributed by atoms with Gasteiger partial charge >= 0.3 is 6.36 Å². The van der Waals surface area contributed by atoms with Crippen molar-refractivity contribution in [1.29, 1.82) is 0 Å². The molecule has 1 aliphatic heterocycles. The number of anilines is 2. The van der Waals surface area contributed by atoms with E-state index in [2.05, 4.69) is 30.6 Å². The van der Waals surface area contributed by atoms with Crippen molar-refractivity contribution in [2.24, 2.45) is 0 Å². The van der Waals surface area contributed by atoms with Crippen LogP contribution in [-0.4, -0.2) is 70.1 Å². The Kier molecular flexibility index (Phi) is 6.79. The van der Waals surface area contributed by atoms with Gasteiger partial charge in [-0.1, -0.05) is 11.3 Å². The van der Waals surface area contributed by atoms with Gasteiger partial charge in [-0.2, -0.15) is 0 Å². The summed E-state index contributed by atoms with van der Waals surface area (Å²) in [5, 5.41) is 13.8. The van der Waals surface area contributed by atoms with Crippen LogP contribution in [0.5, 0.6) is 5.75 Å². The van der Waals surface area contributed by atoms with Gasteiger partial charge in [0.1, 0.15) is 5.54 Å². The van der Waals surface area contributed by atoms with Gasteiger partial charge in [-0.25, -0.2) is 0 Å². The second-order valence-electron chi connectivity index (χ2n) is 8.45. The first-order valence-electron chi connectivity index (χ1n) is 11.3. The van der Waals surface area contributed by atoms with Crippen LogP contribution in [0.25, 0.3) is 10.6 Å². The number of nitrogens with zero attached hydrogens (tertiary/aromatic N) is 4. The SMILES string of the molecule is O=C(Nc1nnc(-c2cccnc2)s1)c1ccc(OC(F)(F)F)c(NC(=O)C2(N3CCOCC3)CC2)c1. The summed E-state index contributed by atoms with van der Waals surface area (Å²) in [7, 11) is 0. The van der Waals surface area contributed by atoms with Crippen LogP contribution in [0.2, 0.25) is 0 Å². The van der Waals surface area contributed by atoms with Gasteiger partial charge in [0, 0.05) is 36.6 Å². The van der Waals surface area contributed by atoms with Crippen LogP contribution in [0.3, 0.4) is 0 Å². The number of rotatable bonds is 7. The molecule has 2 amide bonds. The molecule has 1 aromatic carbocycles. The number of carbonyl (C=O) groups is 2. The molecule has 0 bridgehead atoms. The van der Waals surface area contributed by atoms with E-state index in [4.69, 9.17) is 4.74 Å². The van der Waals surface area contributed by atoms with E-state index >= 15 is 0 Å². The van der Waals surface area contributed by atoms with Gasteiger partial charge in [0.2, 0.25) is 11.0 Å². The third-order valence-electron chi connectivity index (χ3n) is 6.03. The minimum atomic E-state index is -4.99. The molecule has 0 atom stereocenters. The number of alkyl halides is 3. The number of amides is 2. The maximum absolute atomic E-state index is 13.2. The second-order valence-corrected chi connectivity index (χ2v) is 9.43. The molecule has 0 unspecified atom stereocenters. The number of hydrogen-bond acceptors (Lipinski definition) is 9. The monoisotopic (exact) mass is 534 g/mol. The van der Waals surface area contributed by atoms with Crippen molar-refractivity contribution < 1.29 is 32.2 Å². The highest BCUT2D eigenvalue weighted by molar-refractivity contribution is 7.18. The second kappa shape index (κ2) is 10.0. The van der Waals surface area contributed by atoms with Gasteiger partial charge in [0.15, 0.2) is 10.8 Å². The molecule has 0 radical (unpaired) electrons. The Balaban J connectivity index is 1.35. The van der Waals surface area contributed by atoms with Crippen molar-refractivity contribution in [1.82, 2.24) is 20.1 Å². The minimum Gasteiger partial charge on any atom is -0.404 e. The number of morpholine rings is 1. The number of hydrogen-bond donors (Lipinski definition) is 2. The van der Waals surface area contributed by atoms with Crippen molar-refractivity contribution >= 4 is 34.0 Å². The summed E-state index contributed by atoms with van der Waals surface area (Å²) < 4.78 is 48.5. The van der Waals surface area contributed by atoms with Crippen LogP contribution in [0.4, 0.5) is 24.0 Å². The molecule has 2 aromatic heterocycles. The Labute approximate surface area is 212 Å². The van der Waals surface area contributed by atoms with Gasteiger partial charge in [-0.15, -0.1) is 23.4 Å². The molecule has 2 fully saturated rings. The molecular weight excluding hydrogens is 513 g/mol. The fourth-order valence-corrected chi connectivity index (χ4v) is 4.80. The molecule has 1 saturated heterocycles. The van der Waals surface area contributed by atoms with E-state index in [1.165, 1.54) is 6.07 Å². The lowest BCUT2D eigenvalue weighted by Crippen LogP contribution is -2.51. The average molecular weight is 535 g/mol. The van der Waals surface area contributed by atoms with Crippen molar-refractivity contribution in [3.8, 4) is 16.3 Å². The number of halogens is 3. The smallest absolute Gasteiger partial charge is 0.404 e. The number of ether oxygens (including phenoxy) is 2. The van der Waals surface area contributed by atoms with Crippen LogP contribution >= 0.6 is 11.3 Å². The van der Waals surface area contributed by atoms with E-state index < -0.39 is 29.5 Å². The molecule has 194 valence electrons. The fourth-order valence-electron chi connectivity index (χ4n) is 4.07. The highest BCUT2D eigenvalue weighted by Gasteiger charge is 2.54. The zero-order valence-corrected chi connectivity index (χ0v) is 20.1. The average Bonchev–Trinajstić information content (AvgIpc) is 3.58. The first kappa shape index (κ1) is 25.0. The van der Waals surface area contributed by atoms with E-state index in [0.29, 0.717) is 49.7 Å². The third kappa shape index (κ3) is 5.70. The maximum atomic E-state index is 13.2. The number of nitrogens with one attached hydrogen (secondary N) is 2. The van der Waals surface area contributed by atoms with E-state index in [9.17, 15) is 22.8 Å². The molecule has 10 nitrogen and oxygen atoms in total. The summed E-state index contributed by atoms with van der Waals surface area (Å²) in [4.78, 5) is 32.0. The summed E-state index contributed by atoms with van der Waals surface area (Å²) >= 11 is 1.11. The first-order valence-corrected chi connectivity index (χ1v) is 12.1. The molecule has 5 rings (SSSR count). The number of carbonyl (C=O) groups excluding carboxylic acids is 2. The summed E-state index contributed by atoms with van der Waals surface area (Å²) in [5.41, 5.74) is -0.359. The van der Waals surface area contributed by atoms with Crippen molar-refractivity contribution in [2.75, 3.05) is 36.9 Å². The topological polar surface area (TPSA) is 119 Å². The molecule has 0 spiro atoms. The number of aromatic nitrogens is 3. The van der Waals surface area contributed by atoms with Crippen molar-refractivity contribution in [3.05, 3.63) is 48.3 Å². The van der Waals surface area contributed by atoms with Crippen LogP contribution < -0.4 is 15.4 Å². The van der Waals surface area contributed by atoms with Gasteiger partial charge in [-0.3, -0.25) is 24.8 Å². The molecule has 14 heteroatoms. The summed E-state index contributed by atoms with van der Waals surface area (Å²) in [5.74, 6) is -1.72. The molecule has 2 aliphatic rings. The Morgan fingerprint density at radius 2 is 1.89 bits per heavy atom. The number of pyridine rings is 1. The van der Waals surface area contributed by atoms with E-state index in [1.54, 1.807) is 24.5 Å². The minimum absolute atomic E-state index is 0.000767. The highest BCUT2D eigenvalue weighted by Crippen LogP contribution is 2.44. The highest BCUT2D eigenvalue weighted by atomic mass is 32.1. The van der Waals surface area contributed by atoms with Gasteiger partial charge in [0.05, 0.1) is 18.9 Å². The molecular formula is C23H21F3N6O4S. The predicted octanol–water partition coefficient (Wildman–Crippen LogP) is 3.55. The lowest BCUT2D eigenvalue weighted by molar-refractivity contribution is -0.274. The van der Waals surface area contributed by atoms with Crippen molar-refractivity contribution in [2.45, 2.75) is 24.7 Å². The molecule has 2 N–H and O–H groups in total. The third-order valence-corrected chi connectivity index (χ3v) is 6.92. The molecule has 3 aromatic rings. The van der Waals surface area contributed by atoms with Gasteiger partial charge in [-0.05, 0) is 43.2 Å². The first-order chi connectivity index (χ1) is 17.7. The Hall–Kier alpha value is -3.62. The summed E-state index contributed by atoms with van der Waals surface area (Å²) in [6.07, 6.45) is -0.624. The largest absolute Gasteiger partial charge is 0.573 e. The quantitative estimate of drug-likeness (QED) is 0.473. The van der Waals surface area contributed by atoms with E-state index in [0.717, 1.165) is 23.5 Å². The normalized spacial score (nSPS) is 17.2. The number of benzene rings is 1.